The van der Waals surface area contributed by atoms with Crippen LogP contribution >= 0.6 is 0 Å². The number of hydrogen-bond acceptors (Lipinski definition) is 4. The van der Waals surface area contributed by atoms with Gasteiger partial charge in [-0.05, 0) is 24.3 Å². The van der Waals surface area contributed by atoms with E-state index in [0.717, 1.165) is 24.5 Å². The van der Waals surface area contributed by atoms with E-state index in [1.165, 1.54) is 0 Å². The van der Waals surface area contributed by atoms with E-state index in [0.29, 0.717) is 0 Å². The summed E-state index contributed by atoms with van der Waals surface area (Å²) in [6.45, 7) is 5.85. The van der Waals surface area contributed by atoms with Crippen molar-refractivity contribution in [2.24, 2.45) is 0 Å². The molecule has 0 spiro atoms. The highest BCUT2D eigenvalue weighted by Crippen LogP contribution is 2.19. The fraction of sp³-hybridized carbons (Fsp3) is 0.250. The van der Waals surface area contributed by atoms with Gasteiger partial charge in [-0.15, -0.1) is 0 Å². The molecule has 0 aliphatic carbocycles. The second kappa shape index (κ2) is 7.53. The van der Waals surface area contributed by atoms with Crippen LogP contribution in [0.3, 0.4) is 0 Å². The summed E-state index contributed by atoms with van der Waals surface area (Å²) in [7, 11) is 0. The Kier molecular flexibility index (Phi) is 5.41. The average molecular weight is 270 g/mol. The molecule has 2 aromatic carbocycles. The summed E-state index contributed by atoms with van der Waals surface area (Å²) in [4.78, 5) is 0. The third-order valence-corrected chi connectivity index (χ3v) is 2.82. The van der Waals surface area contributed by atoms with Crippen LogP contribution in [0.4, 0.5) is 11.4 Å². The Morgan fingerprint density at radius 3 is 1.30 bits per heavy atom. The number of hydrogen-bond donors (Lipinski definition) is 2. The second-order valence-electron chi connectivity index (χ2n) is 4.32. The third kappa shape index (κ3) is 3.50. The number of benzene rings is 2. The number of nitrogens with zero attached hydrogens (tertiary/aromatic N) is 2. The summed E-state index contributed by atoms with van der Waals surface area (Å²) in [6, 6.07) is 20.5. The van der Waals surface area contributed by atoms with Gasteiger partial charge in [0.2, 0.25) is 0 Å². The minimum Gasteiger partial charge on any atom is -0.214 e. The van der Waals surface area contributed by atoms with E-state index in [4.69, 9.17) is 0 Å². The van der Waals surface area contributed by atoms with Crippen LogP contribution in [0.5, 0.6) is 0 Å². The van der Waals surface area contributed by atoms with Gasteiger partial charge < -0.3 is 0 Å². The van der Waals surface area contributed by atoms with Crippen LogP contribution in [0.15, 0.2) is 60.7 Å². The molecule has 0 saturated heterocycles. The monoisotopic (exact) mass is 270 g/mol. The lowest BCUT2D eigenvalue weighted by Gasteiger charge is -2.37. The quantitative estimate of drug-likeness (QED) is 0.757. The van der Waals surface area contributed by atoms with Crippen molar-refractivity contribution in [3.63, 3.8) is 0 Å². The SMILES string of the molecule is CCNN(c1ccccc1)N(NCC)c1ccccc1. The number of anilines is 2. The van der Waals surface area contributed by atoms with E-state index in [-0.39, 0.29) is 0 Å². The third-order valence-electron chi connectivity index (χ3n) is 2.82. The van der Waals surface area contributed by atoms with Crippen LogP contribution in [0.2, 0.25) is 0 Å². The first-order valence-corrected chi connectivity index (χ1v) is 7.04. The van der Waals surface area contributed by atoms with Crippen molar-refractivity contribution >= 4 is 11.4 Å². The molecule has 0 saturated carbocycles. The van der Waals surface area contributed by atoms with Gasteiger partial charge in [0, 0.05) is 13.1 Å². The molecular weight excluding hydrogens is 248 g/mol. The molecule has 2 rings (SSSR count). The molecule has 0 heterocycles. The highest BCUT2D eigenvalue weighted by atomic mass is 15.9. The van der Waals surface area contributed by atoms with Crippen LogP contribution in [0.25, 0.3) is 0 Å². The molecule has 4 heteroatoms. The zero-order valence-corrected chi connectivity index (χ0v) is 12.1. The van der Waals surface area contributed by atoms with Gasteiger partial charge in [-0.25, -0.2) is 21.1 Å². The normalized spacial score (nSPS) is 10.3. The van der Waals surface area contributed by atoms with Crippen LogP contribution in [0.1, 0.15) is 13.8 Å². The highest BCUT2D eigenvalue weighted by molar-refractivity contribution is 5.55. The molecule has 20 heavy (non-hydrogen) atoms. The minimum absolute atomic E-state index is 0.837. The molecule has 0 amide bonds. The Bertz CT molecular complexity index is 439. The van der Waals surface area contributed by atoms with E-state index < -0.39 is 0 Å². The fourth-order valence-corrected chi connectivity index (χ4v) is 1.99. The molecule has 0 aliphatic rings. The van der Waals surface area contributed by atoms with Gasteiger partial charge >= 0.3 is 0 Å². The Morgan fingerprint density at radius 2 is 1.00 bits per heavy atom. The summed E-state index contributed by atoms with van der Waals surface area (Å²) in [6.07, 6.45) is 0. The smallest absolute Gasteiger partial charge is 0.0774 e. The maximum atomic E-state index is 3.38. The second-order valence-corrected chi connectivity index (χ2v) is 4.32. The summed E-state index contributed by atoms with van der Waals surface area (Å²) in [5.74, 6) is 0. The molecule has 2 N–H and O–H groups in total. The standard InChI is InChI=1S/C16H22N4/c1-3-17-19(15-11-7-5-8-12-15)20(18-4-2)16-13-9-6-10-14-16/h5-14,17-18H,3-4H2,1-2H3. The summed E-state index contributed by atoms with van der Waals surface area (Å²) in [5.41, 5.74) is 8.92. The van der Waals surface area contributed by atoms with Crippen LogP contribution in [0, 0.1) is 0 Å². The Hall–Kier alpha value is -2.04. The number of para-hydroxylation sites is 2. The zero-order chi connectivity index (χ0) is 14.2. The molecule has 0 aliphatic heterocycles. The first kappa shape index (κ1) is 14.4. The zero-order valence-electron chi connectivity index (χ0n) is 12.1. The average Bonchev–Trinajstić information content (AvgIpc) is 2.52. The first-order chi connectivity index (χ1) is 9.86. The lowest BCUT2D eigenvalue weighted by atomic mass is 10.3. The fourth-order valence-electron chi connectivity index (χ4n) is 1.99. The molecule has 0 unspecified atom stereocenters. The first-order valence-electron chi connectivity index (χ1n) is 7.04. The van der Waals surface area contributed by atoms with Gasteiger partial charge in [-0.1, -0.05) is 50.2 Å². The molecule has 2 aromatic rings. The molecule has 0 aromatic heterocycles. The lowest BCUT2D eigenvalue weighted by Crippen LogP contribution is -2.58. The van der Waals surface area contributed by atoms with E-state index in [2.05, 4.69) is 49.0 Å². The van der Waals surface area contributed by atoms with Crippen molar-refractivity contribution < 1.29 is 0 Å². The summed E-state index contributed by atoms with van der Waals surface area (Å²) in [5, 5.41) is 4.05. The van der Waals surface area contributed by atoms with E-state index in [1.807, 2.05) is 46.6 Å². The van der Waals surface area contributed by atoms with Crippen molar-refractivity contribution in [1.29, 1.82) is 0 Å². The van der Waals surface area contributed by atoms with Crippen molar-refractivity contribution in [2.75, 3.05) is 23.3 Å². The summed E-state index contributed by atoms with van der Waals surface area (Å²) >= 11 is 0. The summed E-state index contributed by atoms with van der Waals surface area (Å²) < 4.78 is 0. The predicted molar refractivity (Wildman–Crippen MR) is 85.2 cm³/mol. The van der Waals surface area contributed by atoms with Crippen LogP contribution in [-0.4, -0.2) is 13.1 Å². The Morgan fingerprint density at radius 1 is 0.650 bits per heavy atom. The maximum absolute atomic E-state index is 3.38. The molecule has 0 atom stereocenters. The molecule has 106 valence electrons. The highest BCUT2D eigenvalue weighted by Gasteiger charge is 2.15. The number of rotatable bonds is 7. The maximum Gasteiger partial charge on any atom is 0.0774 e. The topological polar surface area (TPSA) is 30.5 Å². The number of nitrogens with one attached hydrogen (secondary N) is 2. The van der Waals surface area contributed by atoms with E-state index in [9.17, 15) is 0 Å². The van der Waals surface area contributed by atoms with E-state index in [1.54, 1.807) is 0 Å². The van der Waals surface area contributed by atoms with Crippen LogP contribution in [-0.2, 0) is 0 Å². The van der Waals surface area contributed by atoms with Crippen molar-refractivity contribution in [1.82, 2.24) is 10.9 Å². The van der Waals surface area contributed by atoms with Crippen LogP contribution < -0.4 is 21.1 Å². The molecule has 0 fully saturated rings. The van der Waals surface area contributed by atoms with E-state index >= 15 is 0 Å². The molecule has 0 bridgehead atoms. The van der Waals surface area contributed by atoms with Gasteiger partial charge in [0.1, 0.15) is 0 Å². The minimum atomic E-state index is 0.837. The Balaban J connectivity index is 2.33. The van der Waals surface area contributed by atoms with Gasteiger partial charge in [0.05, 0.1) is 11.4 Å². The lowest BCUT2D eigenvalue weighted by molar-refractivity contribution is 0.537. The van der Waals surface area contributed by atoms with Crippen molar-refractivity contribution in [3.05, 3.63) is 60.7 Å². The molecule has 4 nitrogen and oxygen atoms in total. The van der Waals surface area contributed by atoms with Gasteiger partial charge in [0.15, 0.2) is 0 Å². The van der Waals surface area contributed by atoms with Crippen molar-refractivity contribution in [3.8, 4) is 0 Å². The Labute approximate surface area is 120 Å². The predicted octanol–water partition coefficient (Wildman–Crippen LogP) is 2.96. The molecule has 0 radical (unpaired) electrons. The van der Waals surface area contributed by atoms with Gasteiger partial charge in [-0.2, -0.15) is 0 Å². The largest absolute Gasteiger partial charge is 0.214 e. The van der Waals surface area contributed by atoms with Gasteiger partial charge in [0.25, 0.3) is 0 Å². The van der Waals surface area contributed by atoms with Crippen molar-refractivity contribution in [2.45, 2.75) is 13.8 Å². The van der Waals surface area contributed by atoms with Gasteiger partial charge in [-0.3, -0.25) is 0 Å². The molecular formula is C16H22N4. The number of hydrazine groups is 3.